The fourth-order valence-electron chi connectivity index (χ4n) is 2.34. The van der Waals surface area contributed by atoms with Crippen molar-refractivity contribution in [1.82, 2.24) is 5.32 Å². The number of amides is 1. The van der Waals surface area contributed by atoms with E-state index in [0.29, 0.717) is 10.9 Å². The zero-order chi connectivity index (χ0) is 18.7. The van der Waals surface area contributed by atoms with Gasteiger partial charge in [-0.05, 0) is 24.8 Å². The number of aromatic hydroxyl groups is 1. The van der Waals surface area contributed by atoms with E-state index in [2.05, 4.69) is 5.32 Å². The Labute approximate surface area is 152 Å². The van der Waals surface area contributed by atoms with E-state index in [1.165, 1.54) is 23.9 Å². The van der Waals surface area contributed by atoms with E-state index in [4.69, 9.17) is 16.0 Å². The van der Waals surface area contributed by atoms with Crippen molar-refractivity contribution in [3.8, 4) is 5.75 Å². The van der Waals surface area contributed by atoms with E-state index in [1.54, 1.807) is 13.2 Å². The van der Waals surface area contributed by atoms with E-state index in [-0.39, 0.29) is 34.1 Å². The summed E-state index contributed by atoms with van der Waals surface area (Å²) in [5, 5.41) is 23.5. The number of phenolic OH excluding ortho intramolecular Hbond substituents is 1. The van der Waals surface area contributed by atoms with Crippen molar-refractivity contribution in [2.75, 3.05) is 12.0 Å². The zero-order valence-electron chi connectivity index (χ0n) is 13.4. The van der Waals surface area contributed by atoms with Gasteiger partial charge in [0.05, 0.1) is 29.0 Å². The molecule has 2 rings (SSSR count). The summed E-state index contributed by atoms with van der Waals surface area (Å²) in [6.07, 6.45) is 1.35. The molecule has 1 atom stereocenters. The molecule has 0 saturated carbocycles. The normalized spacial score (nSPS) is 12.1. The minimum atomic E-state index is -1.40. The zero-order valence-corrected chi connectivity index (χ0v) is 15.0. The van der Waals surface area contributed by atoms with Crippen LogP contribution in [0.15, 0.2) is 21.3 Å². The number of carbonyl (C=O) groups excluding carboxylic acids is 2. The van der Waals surface area contributed by atoms with Crippen LogP contribution in [-0.2, 0) is 16.0 Å². The minimum Gasteiger partial charge on any atom is -0.548 e. The Balaban J connectivity index is 2.35. The number of fused-ring (bicyclic) bond motifs is 1. The van der Waals surface area contributed by atoms with Crippen molar-refractivity contribution in [3.63, 3.8) is 0 Å². The number of carbonyl (C=O) groups is 2. The van der Waals surface area contributed by atoms with Crippen LogP contribution in [0, 0.1) is 6.92 Å². The molecule has 134 valence electrons. The molecule has 1 aromatic carbocycles. The molecule has 0 saturated heterocycles. The first-order chi connectivity index (χ1) is 11.7. The summed E-state index contributed by atoms with van der Waals surface area (Å²) in [6, 6.07) is 1.51. The van der Waals surface area contributed by atoms with Gasteiger partial charge in [0, 0.05) is 17.2 Å². The number of rotatable bonds is 6. The minimum absolute atomic E-state index is 0.0804. The number of hydrogen-bond donors (Lipinski definition) is 2. The molecule has 25 heavy (non-hydrogen) atoms. The monoisotopic (exact) mass is 384 g/mol. The van der Waals surface area contributed by atoms with Gasteiger partial charge in [0.2, 0.25) is 5.91 Å². The quantitative estimate of drug-likeness (QED) is 0.700. The number of aryl methyl sites for hydroxylation is 1. The fourth-order valence-corrected chi connectivity index (χ4v) is 3.06. The Morgan fingerprint density at radius 3 is 2.72 bits per heavy atom. The predicted octanol–water partition coefficient (Wildman–Crippen LogP) is 0.601. The molecule has 7 nitrogen and oxygen atoms in total. The van der Waals surface area contributed by atoms with Gasteiger partial charge in [0.25, 0.3) is 0 Å². The van der Waals surface area contributed by atoms with Crippen molar-refractivity contribution >= 4 is 46.2 Å². The van der Waals surface area contributed by atoms with E-state index in [0.717, 1.165) is 0 Å². The molecule has 0 fully saturated rings. The summed E-state index contributed by atoms with van der Waals surface area (Å²) in [4.78, 5) is 35.2. The summed E-state index contributed by atoms with van der Waals surface area (Å²) in [5.41, 5.74) is -0.0357. The number of aliphatic carboxylic acids is 1. The molecule has 2 N–H and O–H groups in total. The molecule has 1 amide bonds. The highest BCUT2D eigenvalue weighted by Gasteiger charge is 2.19. The average molecular weight is 385 g/mol. The summed E-state index contributed by atoms with van der Waals surface area (Å²) in [7, 11) is 0. The van der Waals surface area contributed by atoms with Gasteiger partial charge in [-0.1, -0.05) is 11.6 Å². The van der Waals surface area contributed by atoms with Gasteiger partial charge >= 0.3 is 5.63 Å². The van der Waals surface area contributed by atoms with Crippen molar-refractivity contribution in [2.24, 2.45) is 0 Å². The van der Waals surface area contributed by atoms with E-state index in [9.17, 15) is 24.6 Å². The number of phenols is 1. The lowest BCUT2D eigenvalue weighted by molar-refractivity contribution is -0.307. The van der Waals surface area contributed by atoms with Crippen LogP contribution >= 0.6 is 23.4 Å². The van der Waals surface area contributed by atoms with Crippen LogP contribution in [0.2, 0.25) is 5.02 Å². The highest BCUT2D eigenvalue weighted by Crippen LogP contribution is 2.30. The molecule has 1 heterocycles. The lowest BCUT2D eigenvalue weighted by atomic mass is 10.0. The Morgan fingerprint density at radius 2 is 2.12 bits per heavy atom. The molecule has 1 aromatic heterocycles. The fraction of sp³-hybridized carbons (Fsp3) is 0.312. The SMILES string of the molecule is CSC[C@H](NC(=O)Cc1c(C)c2cc(Cl)c(O)cc2oc1=O)C(=O)[O-]. The molecule has 0 spiro atoms. The molecular formula is C16H15ClNO6S-. The average Bonchev–Trinajstić information content (AvgIpc) is 2.53. The van der Waals surface area contributed by atoms with Crippen molar-refractivity contribution < 1.29 is 24.2 Å². The number of carboxylic acid groups (broad SMARTS) is 1. The Kier molecular flexibility index (Phi) is 5.97. The molecule has 0 aliphatic heterocycles. The highest BCUT2D eigenvalue weighted by molar-refractivity contribution is 7.98. The molecule has 0 aliphatic carbocycles. The number of thioether (sulfide) groups is 1. The highest BCUT2D eigenvalue weighted by atomic mass is 35.5. The summed E-state index contributed by atoms with van der Waals surface area (Å²) >= 11 is 7.12. The third kappa shape index (κ3) is 4.26. The lowest BCUT2D eigenvalue weighted by Gasteiger charge is -2.18. The number of carboxylic acids is 1. The molecule has 0 unspecified atom stereocenters. The largest absolute Gasteiger partial charge is 0.548 e. The smallest absolute Gasteiger partial charge is 0.340 e. The van der Waals surface area contributed by atoms with Crippen molar-refractivity contribution in [2.45, 2.75) is 19.4 Å². The van der Waals surface area contributed by atoms with Crippen LogP contribution in [0.25, 0.3) is 11.0 Å². The third-order valence-corrected chi connectivity index (χ3v) is 4.61. The van der Waals surface area contributed by atoms with Crippen molar-refractivity contribution in [1.29, 1.82) is 0 Å². The van der Waals surface area contributed by atoms with E-state index < -0.39 is 23.5 Å². The first-order valence-corrected chi connectivity index (χ1v) is 8.95. The Morgan fingerprint density at radius 1 is 1.44 bits per heavy atom. The summed E-state index contributed by atoms with van der Waals surface area (Å²) in [5.74, 6) is -2.11. The molecule has 2 aromatic rings. The standard InChI is InChI=1S/C16H16ClNO6S/c1-7-8-3-10(17)12(19)5-13(8)24-16(23)9(7)4-14(20)18-11(6-25-2)15(21)22/h3,5,11,19H,4,6H2,1-2H3,(H,18,20)(H,21,22)/p-1/t11-/m0/s1. The number of benzene rings is 1. The van der Waals surface area contributed by atoms with Gasteiger partial charge in [-0.25, -0.2) is 4.79 Å². The van der Waals surface area contributed by atoms with Gasteiger partial charge < -0.3 is 24.7 Å². The van der Waals surface area contributed by atoms with Gasteiger partial charge in [0.15, 0.2) is 0 Å². The van der Waals surface area contributed by atoms with E-state index in [1.807, 2.05) is 0 Å². The lowest BCUT2D eigenvalue weighted by Crippen LogP contribution is -2.50. The Bertz CT molecular complexity index is 894. The maximum absolute atomic E-state index is 12.1. The van der Waals surface area contributed by atoms with Gasteiger partial charge in [0.1, 0.15) is 11.3 Å². The number of nitrogens with one attached hydrogen (secondary N) is 1. The summed E-state index contributed by atoms with van der Waals surface area (Å²) < 4.78 is 5.12. The molecule has 0 aliphatic rings. The van der Waals surface area contributed by atoms with Gasteiger partial charge in [-0.15, -0.1) is 0 Å². The van der Waals surface area contributed by atoms with Gasteiger partial charge in [-0.3, -0.25) is 4.79 Å². The predicted molar refractivity (Wildman–Crippen MR) is 92.9 cm³/mol. The maximum atomic E-state index is 12.1. The van der Waals surface area contributed by atoms with Crippen molar-refractivity contribution in [3.05, 3.63) is 38.7 Å². The number of hydrogen-bond acceptors (Lipinski definition) is 7. The van der Waals surface area contributed by atoms with Gasteiger partial charge in [-0.2, -0.15) is 11.8 Å². The molecule has 0 radical (unpaired) electrons. The Hall–Kier alpha value is -2.19. The van der Waals surface area contributed by atoms with Crippen LogP contribution in [0.4, 0.5) is 0 Å². The molecule has 0 bridgehead atoms. The van der Waals surface area contributed by atoms with E-state index >= 15 is 0 Å². The second kappa shape index (κ2) is 7.79. The van der Waals surface area contributed by atoms with Crippen LogP contribution in [0.1, 0.15) is 11.1 Å². The second-order valence-corrected chi connectivity index (χ2v) is 6.68. The second-order valence-electron chi connectivity index (χ2n) is 5.36. The van der Waals surface area contributed by atoms with Crippen LogP contribution in [0.3, 0.4) is 0 Å². The molecular weight excluding hydrogens is 370 g/mol. The first kappa shape index (κ1) is 19.1. The van der Waals surface area contributed by atoms with Crippen LogP contribution < -0.4 is 16.0 Å². The van der Waals surface area contributed by atoms with Crippen LogP contribution in [-0.4, -0.2) is 35.0 Å². The third-order valence-electron chi connectivity index (χ3n) is 3.65. The molecule has 9 heteroatoms. The number of halogens is 1. The first-order valence-electron chi connectivity index (χ1n) is 7.18. The summed E-state index contributed by atoms with van der Waals surface area (Å²) in [6.45, 7) is 1.62. The maximum Gasteiger partial charge on any atom is 0.340 e. The topological polar surface area (TPSA) is 120 Å². The van der Waals surface area contributed by atoms with Crippen LogP contribution in [0.5, 0.6) is 5.75 Å².